The molecular weight excluding hydrogens is 194 g/mol. The van der Waals surface area contributed by atoms with E-state index in [1.807, 2.05) is 0 Å². The van der Waals surface area contributed by atoms with Crippen molar-refractivity contribution in [2.45, 2.75) is 19.4 Å². The lowest BCUT2D eigenvalue weighted by Gasteiger charge is -2.17. The van der Waals surface area contributed by atoms with Crippen LogP contribution in [-0.4, -0.2) is 13.2 Å². The third-order valence-corrected chi connectivity index (χ3v) is 3.19. The van der Waals surface area contributed by atoms with Gasteiger partial charge in [-0.25, -0.2) is 0 Å². The summed E-state index contributed by atoms with van der Waals surface area (Å²) < 4.78 is 5.60. The topological polar surface area (TPSA) is 21.3 Å². The van der Waals surface area contributed by atoms with Crippen molar-refractivity contribution in [2.24, 2.45) is 0 Å². The van der Waals surface area contributed by atoms with Crippen LogP contribution in [0.4, 0.5) is 0 Å². The second kappa shape index (κ2) is 4.62. The molecule has 0 saturated heterocycles. The zero-order chi connectivity index (χ0) is 9.80. The van der Waals surface area contributed by atoms with E-state index in [-0.39, 0.29) is 6.04 Å². The lowest BCUT2D eigenvalue weighted by molar-refractivity contribution is 0.217. The van der Waals surface area contributed by atoms with Crippen molar-refractivity contribution < 1.29 is 4.74 Å². The predicted octanol–water partition coefficient (Wildman–Crippen LogP) is 2.70. The molecule has 1 unspecified atom stereocenters. The molecule has 2 rings (SSSR count). The van der Waals surface area contributed by atoms with Crippen LogP contribution in [0.25, 0.3) is 0 Å². The average Bonchev–Trinajstić information content (AvgIpc) is 2.87. The fraction of sp³-hybridized carbons (Fsp3) is 0.455. The highest BCUT2D eigenvalue weighted by Gasteiger charge is 2.20. The largest absolute Gasteiger partial charge is 0.496 e. The molecule has 0 bridgehead atoms. The van der Waals surface area contributed by atoms with Crippen molar-refractivity contribution in [2.75, 3.05) is 13.2 Å². The van der Waals surface area contributed by atoms with Crippen LogP contribution in [0.2, 0.25) is 0 Å². The summed E-state index contributed by atoms with van der Waals surface area (Å²) >= 11 is 1.77. The fourth-order valence-electron chi connectivity index (χ4n) is 1.64. The lowest BCUT2D eigenvalue weighted by atomic mass is 10.2. The molecular formula is C11H15NOS. The molecule has 0 radical (unpaired) electrons. The van der Waals surface area contributed by atoms with E-state index in [2.05, 4.69) is 35.8 Å². The van der Waals surface area contributed by atoms with E-state index >= 15 is 0 Å². The predicted molar refractivity (Wildman–Crippen MR) is 59.4 cm³/mol. The zero-order valence-corrected chi connectivity index (χ0v) is 9.14. The van der Waals surface area contributed by atoms with Gasteiger partial charge >= 0.3 is 0 Å². The van der Waals surface area contributed by atoms with Gasteiger partial charge in [0.2, 0.25) is 0 Å². The first-order valence-corrected chi connectivity index (χ1v) is 5.89. The highest BCUT2D eigenvalue weighted by Crippen LogP contribution is 2.29. The first kappa shape index (κ1) is 9.74. The van der Waals surface area contributed by atoms with Crippen LogP contribution in [0.15, 0.2) is 29.3 Å². The Morgan fingerprint density at radius 2 is 2.57 bits per heavy atom. The zero-order valence-electron chi connectivity index (χ0n) is 8.32. The molecule has 1 aliphatic rings. The Labute approximate surface area is 88.6 Å². The number of ether oxygens (including phenoxy) is 1. The summed E-state index contributed by atoms with van der Waals surface area (Å²) in [6, 6.07) is 4.50. The molecule has 76 valence electrons. The van der Waals surface area contributed by atoms with Crippen LogP contribution in [0.3, 0.4) is 0 Å². The van der Waals surface area contributed by atoms with Crippen LogP contribution in [0, 0.1) is 0 Å². The van der Waals surface area contributed by atoms with Crippen molar-refractivity contribution >= 4 is 11.3 Å². The number of likely N-dealkylation sites (N-methyl/N-ethyl adjacent to an activating group) is 1. The summed E-state index contributed by atoms with van der Waals surface area (Å²) in [6.45, 7) is 3.92. The molecule has 14 heavy (non-hydrogen) atoms. The molecule has 1 aromatic heterocycles. The van der Waals surface area contributed by atoms with E-state index in [4.69, 9.17) is 4.74 Å². The minimum Gasteiger partial charge on any atom is -0.496 e. The van der Waals surface area contributed by atoms with Gasteiger partial charge in [0.25, 0.3) is 0 Å². The molecule has 0 saturated carbocycles. The van der Waals surface area contributed by atoms with Crippen LogP contribution < -0.4 is 5.32 Å². The van der Waals surface area contributed by atoms with E-state index in [0.29, 0.717) is 0 Å². The molecule has 2 heterocycles. The SMILES string of the molecule is CCNC(C1=CCCO1)c1cccs1. The van der Waals surface area contributed by atoms with Crippen molar-refractivity contribution in [3.05, 3.63) is 34.2 Å². The Morgan fingerprint density at radius 3 is 3.14 bits per heavy atom. The van der Waals surface area contributed by atoms with Crippen molar-refractivity contribution in [3.8, 4) is 0 Å². The van der Waals surface area contributed by atoms with Gasteiger partial charge < -0.3 is 10.1 Å². The standard InChI is InChI=1S/C11H15NOS/c1-2-12-11(9-5-3-7-13-9)10-6-4-8-14-10/h4-6,8,11-12H,2-3,7H2,1H3. The number of thiophene rings is 1. The van der Waals surface area contributed by atoms with Gasteiger partial charge in [-0.15, -0.1) is 11.3 Å². The highest BCUT2D eigenvalue weighted by molar-refractivity contribution is 7.10. The summed E-state index contributed by atoms with van der Waals surface area (Å²) in [5.74, 6) is 1.09. The van der Waals surface area contributed by atoms with E-state index < -0.39 is 0 Å². The molecule has 0 aromatic carbocycles. The first-order chi connectivity index (χ1) is 6.92. The Balaban J connectivity index is 2.15. The summed E-state index contributed by atoms with van der Waals surface area (Å²) in [6.07, 6.45) is 3.23. The minimum absolute atomic E-state index is 0.266. The van der Waals surface area contributed by atoms with Crippen LogP contribution in [-0.2, 0) is 4.74 Å². The minimum atomic E-state index is 0.266. The smallest absolute Gasteiger partial charge is 0.114 e. The molecule has 2 nitrogen and oxygen atoms in total. The average molecular weight is 209 g/mol. The Hall–Kier alpha value is -0.800. The third kappa shape index (κ3) is 1.99. The number of rotatable bonds is 4. The third-order valence-electron chi connectivity index (χ3n) is 2.25. The van der Waals surface area contributed by atoms with Gasteiger partial charge in [0.1, 0.15) is 5.76 Å². The van der Waals surface area contributed by atoms with Crippen LogP contribution in [0.5, 0.6) is 0 Å². The number of hydrogen-bond donors (Lipinski definition) is 1. The van der Waals surface area contributed by atoms with Crippen LogP contribution in [0.1, 0.15) is 24.3 Å². The normalized spacial score (nSPS) is 17.6. The van der Waals surface area contributed by atoms with Crippen molar-refractivity contribution in [3.63, 3.8) is 0 Å². The van der Waals surface area contributed by atoms with Gasteiger partial charge in [-0.3, -0.25) is 0 Å². The quantitative estimate of drug-likeness (QED) is 0.823. The lowest BCUT2D eigenvalue weighted by Crippen LogP contribution is -2.22. The van der Waals surface area contributed by atoms with Gasteiger partial charge in [0, 0.05) is 11.3 Å². The molecule has 0 aliphatic carbocycles. The number of nitrogens with one attached hydrogen (secondary N) is 1. The van der Waals surface area contributed by atoms with E-state index in [9.17, 15) is 0 Å². The monoisotopic (exact) mass is 209 g/mol. The molecule has 1 aromatic rings. The molecule has 1 atom stereocenters. The Morgan fingerprint density at radius 1 is 1.64 bits per heavy atom. The van der Waals surface area contributed by atoms with Gasteiger partial charge in [0.15, 0.2) is 0 Å². The van der Waals surface area contributed by atoms with Crippen molar-refractivity contribution in [1.82, 2.24) is 5.32 Å². The molecule has 1 N–H and O–H groups in total. The van der Waals surface area contributed by atoms with Gasteiger partial charge in [-0.05, 0) is 24.1 Å². The maximum Gasteiger partial charge on any atom is 0.114 e. The van der Waals surface area contributed by atoms with E-state index in [1.54, 1.807) is 11.3 Å². The second-order valence-electron chi connectivity index (χ2n) is 3.25. The van der Waals surface area contributed by atoms with Crippen LogP contribution >= 0.6 is 11.3 Å². The van der Waals surface area contributed by atoms with E-state index in [1.165, 1.54) is 4.88 Å². The maximum absolute atomic E-state index is 5.60. The molecule has 3 heteroatoms. The van der Waals surface area contributed by atoms with Gasteiger partial charge in [-0.2, -0.15) is 0 Å². The molecule has 0 spiro atoms. The molecule has 0 amide bonds. The van der Waals surface area contributed by atoms with Gasteiger partial charge in [0.05, 0.1) is 12.6 Å². The van der Waals surface area contributed by atoms with E-state index in [0.717, 1.165) is 25.3 Å². The fourth-order valence-corrected chi connectivity index (χ4v) is 2.45. The first-order valence-electron chi connectivity index (χ1n) is 5.01. The number of hydrogen-bond acceptors (Lipinski definition) is 3. The maximum atomic E-state index is 5.60. The molecule has 0 fully saturated rings. The second-order valence-corrected chi connectivity index (χ2v) is 4.23. The summed E-state index contributed by atoms with van der Waals surface area (Å²) in [7, 11) is 0. The molecule has 1 aliphatic heterocycles. The summed E-state index contributed by atoms with van der Waals surface area (Å²) in [5.41, 5.74) is 0. The summed E-state index contributed by atoms with van der Waals surface area (Å²) in [4.78, 5) is 1.33. The van der Waals surface area contributed by atoms with Gasteiger partial charge in [-0.1, -0.05) is 13.0 Å². The van der Waals surface area contributed by atoms with Crippen molar-refractivity contribution in [1.29, 1.82) is 0 Å². The Bertz CT molecular complexity index is 305. The summed E-state index contributed by atoms with van der Waals surface area (Å²) in [5, 5.41) is 5.55. The highest BCUT2D eigenvalue weighted by atomic mass is 32.1. The Kier molecular flexibility index (Phi) is 3.22.